The zero-order chi connectivity index (χ0) is 13.0. The van der Waals surface area contributed by atoms with Gasteiger partial charge >= 0.3 is 0 Å². The molecule has 1 aromatic rings. The first-order valence-corrected chi connectivity index (χ1v) is 6.73. The topological polar surface area (TPSA) is 32.3 Å². The van der Waals surface area contributed by atoms with E-state index < -0.39 is 0 Å². The predicted octanol–water partition coefficient (Wildman–Crippen LogP) is 1.95. The summed E-state index contributed by atoms with van der Waals surface area (Å²) in [5.74, 6) is 0.355. The molecule has 1 aliphatic heterocycles. The molecule has 3 nitrogen and oxygen atoms in total. The van der Waals surface area contributed by atoms with Crippen LogP contribution in [0.4, 0.5) is 0 Å². The molecule has 0 bridgehead atoms. The Labute approximate surface area is 113 Å². The van der Waals surface area contributed by atoms with Crippen molar-refractivity contribution in [2.24, 2.45) is 5.92 Å². The van der Waals surface area contributed by atoms with Gasteiger partial charge in [0.1, 0.15) is 0 Å². The molecule has 1 amide bonds. The molecule has 4 heteroatoms. The molecule has 1 unspecified atom stereocenters. The Morgan fingerprint density at radius 3 is 2.78 bits per heavy atom. The van der Waals surface area contributed by atoms with Crippen molar-refractivity contribution in [1.29, 1.82) is 0 Å². The molecule has 1 aromatic carbocycles. The highest BCUT2D eigenvalue weighted by atomic mass is 35.5. The van der Waals surface area contributed by atoms with Gasteiger partial charge in [-0.15, -0.1) is 0 Å². The fraction of sp³-hybridized carbons (Fsp3) is 0.500. The lowest BCUT2D eigenvalue weighted by Gasteiger charge is -2.11. The molecule has 0 saturated carbocycles. The number of carbonyl (C=O) groups excluding carboxylic acids is 1. The molecule has 0 radical (unpaired) electrons. The molecule has 1 heterocycles. The summed E-state index contributed by atoms with van der Waals surface area (Å²) in [5, 5.41) is 3.76. The van der Waals surface area contributed by atoms with E-state index in [9.17, 15) is 4.79 Å². The molecule has 0 aromatic heterocycles. The Morgan fingerprint density at radius 2 is 2.17 bits per heavy atom. The van der Waals surface area contributed by atoms with E-state index in [0.717, 1.165) is 31.0 Å². The summed E-state index contributed by atoms with van der Waals surface area (Å²) < 4.78 is 0. The number of nitrogens with zero attached hydrogens (tertiary/aromatic N) is 1. The highest BCUT2D eigenvalue weighted by Crippen LogP contribution is 2.14. The zero-order valence-corrected chi connectivity index (χ0v) is 11.4. The van der Waals surface area contributed by atoms with Crippen LogP contribution in [-0.4, -0.2) is 37.5 Å². The second kappa shape index (κ2) is 6.21. The molecule has 0 spiro atoms. The first-order valence-electron chi connectivity index (χ1n) is 6.36. The molecule has 1 N–H and O–H groups in total. The minimum absolute atomic E-state index is 0.167. The largest absolute Gasteiger partial charge is 0.355 e. The molecule has 18 heavy (non-hydrogen) atoms. The summed E-state index contributed by atoms with van der Waals surface area (Å²) in [6.45, 7) is 2.60. The van der Waals surface area contributed by atoms with Gasteiger partial charge in [-0.2, -0.15) is 0 Å². The van der Waals surface area contributed by atoms with E-state index in [4.69, 9.17) is 11.6 Å². The Morgan fingerprint density at radius 1 is 1.44 bits per heavy atom. The Bertz CT molecular complexity index is 405. The number of amides is 1. The van der Waals surface area contributed by atoms with Crippen LogP contribution in [0.3, 0.4) is 0 Å². The van der Waals surface area contributed by atoms with E-state index in [2.05, 4.69) is 17.3 Å². The third-order valence-electron chi connectivity index (χ3n) is 3.39. The average molecular weight is 267 g/mol. The molecule has 1 aliphatic rings. The lowest BCUT2D eigenvalue weighted by Crippen LogP contribution is -2.33. The third-order valence-corrected chi connectivity index (χ3v) is 3.64. The smallest absolute Gasteiger partial charge is 0.224 e. The van der Waals surface area contributed by atoms with E-state index in [1.807, 2.05) is 24.3 Å². The number of carbonyl (C=O) groups is 1. The molecule has 1 saturated heterocycles. The van der Waals surface area contributed by atoms with Crippen LogP contribution in [0.25, 0.3) is 0 Å². The van der Waals surface area contributed by atoms with Crippen LogP contribution < -0.4 is 5.32 Å². The quantitative estimate of drug-likeness (QED) is 0.904. The molecule has 1 atom stereocenters. The van der Waals surface area contributed by atoms with Crippen molar-refractivity contribution in [1.82, 2.24) is 10.2 Å². The van der Waals surface area contributed by atoms with Gasteiger partial charge in [0.25, 0.3) is 0 Å². The fourth-order valence-electron chi connectivity index (χ4n) is 2.27. The van der Waals surface area contributed by atoms with Crippen LogP contribution in [0.1, 0.15) is 12.0 Å². The number of rotatable bonds is 4. The molecular formula is C14H19ClN2O. The van der Waals surface area contributed by atoms with Crippen molar-refractivity contribution in [2.45, 2.75) is 12.8 Å². The van der Waals surface area contributed by atoms with Crippen molar-refractivity contribution in [3.63, 3.8) is 0 Å². The standard InChI is InChI=1S/C14H19ClN2O/c1-17-9-7-12(10-17)14(18)16-8-6-11-2-4-13(15)5-3-11/h2-5,12H,6-10H2,1H3,(H,16,18). The van der Waals surface area contributed by atoms with Gasteiger partial charge in [-0.25, -0.2) is 0 Å². The summed E-state index contributed by atoms with van der Waals surface area (Å²) in [4.78, 5) is 14.1. The van der Waals surface area contributed by atoms with Crippen molar-refractivity contribution >= 4 is 17.5 Å². The predicted molar refractivity (Wildman–Crippen MR) is 73.8 cm³/mol. The second-order valence-corrected chi connectivity index (χ2v) is 5.35. The maximum absolute atomic E-state index is 11.9. The van der Waals surface area contributed by atoms with E-state index in [1.165, 1.54) is 5.56 Å². The maximum atomic E-state index is 11.9. The van der Waals surface area contributed by atoms with Gasteiger partial charge in [-0.1, -0.05) is 23.7 Å². The van der Waals surface area contributed by atoms with Gasteiger partial charge < -0.3 is 10.2 Å². The zero-order valence-electron chi connectivity index (χ0n) is 10.7. The first-order chi connectivity index (χ1) is 8.65. The van der Waals surface area contributed by atoms with Gasteiger partial charge in [0.05, 0.1) is 5.92 Å². The van der Waals surface area contributed by atoms with E-state index in [0.29, 0.717) is 6.54 Å². The first kappa shape index (κ1) is 13.4. The summed E-state index contributed by atoms with van der Waals surface area (Å²) in [5.41, 5.74) is 1.20. The maximum Gasteiger partial charge on any atom is 0.224 e. The van der Waals surface area contributed by atoms with Gasteiger partial charge in [0, 0.05) is 18.1 Å². The number of halogens is 1. The van der Waals surface area contributed by atoms with Gasteiger partial charge in [-0.3, -0.25) is 4.79 Å². The van der Waals surface area contributed by atoms with Crippen LogP contribution in [0.5, 0.6) is 0 Å². The van der Waals surface area contributed by atoms with Crippen molar-refractivity contribution in [3.8, 4) is 0 Å². The van der Waals surface area contributed by atoms with Gasteiger partial charge in [-0.05, 0) is 44.1 Å². The van der Waals surface area contributed by atoms with E-state index >= 15 is 0 Å². The van der Waals surface area contributed by atoms with Gasteiger partial charge in [0.2, 0.25) is 5.91 Å². The minimum Gasteiger partial charge on any atom is -0.355 e. The van der Waals surface area contributed by atoms with E-state index in [-0.39, 0.29) is 11.8 Å². The summed E-state index contributed by atoms with van der Waals surface area (Å²) in [7, 11) is 2.06. The van der Waals surface area contributed by atoms with Crippen LogP contribution in [0.2, 0.25) is 5.02 Å². The normalized spacial score (nSPS) is 20.0. The van der Waals surface area contributed by atoms with Gasteiger partial charge in [0.15, 0.2) is 0 Å². The highest BCUT2D eigenvalue weighted by molar-refractivity contribution is 6.30. The lowest BCUT2D eigenvalue weighted by atomic mass is 10.1. The molecule has 2 rings (SSSR count). The van der Waals surface area contributed by atoms with Crippen LogP contribution in [0, 0.1) is 5.92 Å². The summed E-state index contributed by atoms with van der Waals surface area (Å²) in [6, 6.07) is 7.75. The van der Waals surface area contributed by atoms with E-state index in [1.54, 1.807) is 0 Å². The Hall–Kier alpha value is -1.06. The monoisotopic (exact) mass is 266 g/mol. The van der Waals surface area contributed by atoms with Crippen molar-refractivity contribution in [3.05, 3.63) is 34.9 Å². The van der Waals surface area contributed by atoms with Crippen LogP contribution in [0.15, 0.2) is 24.3 Å². The molecule has 98 valence electrons. The lowest BCUT2D eigenvalue weighted by molar-refractivity contribution is -0.124. The molecule has 1 fully saturated rings. The summed E-state index contributed by atoms with van der Waals surface area (Å²) in [6.07, 6.45) is 1.83. The Balaban J connectivity index is 1.72. The second-order valence-electron chi connectivity index (χ2n) is 4.92. The Kier molecular flexibility index (Phi) is 4.61. The third kappa shape index (κ3) is 3.72. The van der Waals surface area contributed by atoms with Crippen molar-refractivity contribution in [2.75, 3.05) is 26.7 Å². The number of likely N-dealkylation sites (tertiary alicyclic amines) is 1. The summed E-state index contributed by atoms with van der Waals surface area (Å²) >= 11 is 5.82. The molecular weight excluding hydrogens is 248 g/mol. The number of hydrogen-bond acceptors (Lipinski definition) is 2. The molecule has 0 aliphatic carbocycles. The number of nitrogens with one attached hydrogen (secondary N) is 1. The minimum atomic E-state index is 0.167. The number of benzene rings is 1. The SMILES string of the molecule is CN1CCC(C(=O)NCCc2ccc(Cl)cc2)C1. The average Bonchev–Trinajstić information content (AvgIpc) is 2.78. The van der Waals surface area contributed by atoms with Crippen molar-refractivity contribution < 1.29 is 4.79 Å². The highest BCUT2D eigenvalue weighted by Gasteiger charge is 2.25. The number of hydrogen-bond donors (Lipinski definition) is 1. The fourth-order valence-corrected chi connectivity index (χ4v) is 2.40. The van der Waals surface area contributed by atoms with Crippen LogP contribution in [-0.2, 0) is 11.2 Å². The van der Waals surface area contributed by atoms with Crippen LogP contribution >= 0.6 is 11.6 Å².